The van der Waals surface area contributed by atoms with E-state index >= 15 is 0 Å². The summed E-state index contributed by atoms with van der Waals surface area (Å²) in [5, 5.41) is 3.55. The van der Waals surface area contributed by atoms with Crippen LogP contribution in [0.3, 0.4) is 0 Å². The van der Waals surface area contributed by atoms with Gasteiger partial charge in [0.25, 0.3) is 0 Å². The number of rotatable bonds is 3. The molecule has 2 nitrogen and oxygen atoms in total. The number of anilines is 1. The van der Waals surface area contributed by atoms with Gasteiger partial charge in [-0.05, 0) is 57.8 Å². The van der Waals surface area contributed by atoms with Gasteiger partial charge in [0.05, 0.1) is 5.69 Å². The van der Waals surface area contributed by atoms with Crippen molar-refractivity contribution in [2.75, 3.05) is 5.73 Å². The second-order valence-corrected chi connectivity index (χ2v) is 6.85. The SMILES string of the molecule is Nc1c(Br)cc(Br)cc1CNC1CC=C(S)CC1. The summed E-state index contributed by atoms with van der Waals surface area (Å²) in [5.74, 6) is 0. The predicted molar refractivity (Wildman–Crippen MR) is 87.8 cm³/mol. The molecule has 0 bridgehead atoms. The minimum Gasteiger partial charge on any atom is -0.398 e. The summed E-state index contributed by atoms with van der Waals surface area (Å²) in [6.45, 7) is 0.796. The molecule has 18 heavy (non-hydrogen) atoms. The normalized spacial score (nSPS) is 19.7. The Morgan fingerprint density at radius 3 is 2.83 bits per heavy atom. The fourth-order valence-corrected chi connectivity index (χ4v) is 3.59. The fraction of sp³-hybridized carbons (Fsp3) is 0.385. The molecule has 5 heteroatoms. The number of benzene rings is 1. The fourth-order valence-electron chi connectivity index (χ4n) is 2.04. The van der Waals surface area contributed by atoms with E-state index in [1.807, 2.05) is 6.07 Å². The Hall–Kier alpha value is 0.0300. The van der Waals surface area contributed by atoms with Crippen molar-refractivity contribution in [3.05, 3.63) is 37.6 Å². The molecule has 3 N–H and O–H groups in total. The molecule has 1 atom stereocenters. The molecule has 0 aromatic heterocycles. The van der Waals surface area contributed by atoms with Crippen LogP contribution in [0.4, 0.5) is 5.69 Å². The van der Waals surface area contributed by atoms with Crippen molar-refractivity contribution >= 4 is 50.2 Å². The highest BCUT2D eigenvalue weighted by Crippen LogP contribution is 2.28. The molecular weight excluding hydrogens is 376 g/mol. The number of nitrogens with two attached hydrogens (primary N) is 1. The van der Waals surface area contributed by atoms with Crippen molar-refractivity contribution in [3.8, 4) is 0 Å². The summed E-state index contributed by atoms with van der Waals surface area (Å²) in [6.07, 6.45) is 5.46. The molecule has 0 radical (unpaired) electrons. The van der Waals surface area contributed by atoms with E-state index in [0.717, 1.165) is 46.0 Å². The number of halogens is 2. The van der Waals surface area contributed by atoms with Crippen LogP contribution in [0.1, 0.15) is 24.8 Å². The molecule has 0 spiro atoms. The standard InChI is InChI=1S/C13H16Br2N2S/c14-9-5-8(13(16)12(15)6-9)7-17-10-1-3-11(18)4-2-10/h3,5-6,10,17-18H,1-2,4,7,16H2. The maximum Gasteiger partial charge on any atom is 0.0504 e. The number of hydrogen-bond donors (Lipinski definition) is 3. The first kappa shape index (κ1) is 14.4. The quantitative estimate of drug-likeness (QED) is 0.532. The van der Waals surface area contributed by atoms with Crippen LogP contribution in [-0.4, -0.2) is 6.04 Å². The van der Waals surface area contributed by atoms with Gasteiger partial charge in [-0.15, -0.1) is 12.6 Å². The van der Waals surface area contributed by atoms with Crippen LogP contribution >= 0.6 is 44.5 Å². The van der Waals surface area contributed by atoms with Gasteiger partial charge in [0, 0.05) is 21.5 Å². The molecule has 1 aliphatic rings. The lowest BCUT2D eigenvalue weighted by Gasteiger charge is -2.22. The zero-order valence-electron chi connectivity index (χ0n) is 9.92. The van der Waals surface area contributed by atoms with Gasteiger partial charge >= 0.3 is 0 Å². The molecule has 98 valence electrons. The highest BCUT2D eigenvalue weighted by molar-refractivity contribution is 9.11. The van der Waals surface area contributed by atoms with E-state index in [1.54, 1.807) is 0 Å². The van der Waals surface area contributed by atoms with Crippen LogP contribution < -0.4 is 11.1 Å². The zero-order chi connectivity index (χ0) is 13.1. The van der Waals surface area contributed by atoms with Gasteiger partial charge in [-0.2, -0.15) is 0 Å². The minimum atomic E-state index is 0.526. The van der Waals surface area contributed by atoms with Gasteiger partial charge in [0.15, 0.2) is 0 Å². The van der Waals surface area contributed by atoms with Crippen LogP contribution in [0.15, 0.2) is 32.1 Å². The Morgan fingerprint density at radius 2 is 2.17 bits per heavy atom. The van der Waals surface area contributed by atoms with Gasteiger partial charge in [-0.25, -0.2) is 0 Å². The van der Waals surface area contributed by atoms with Crippen LogP contribution in [0.2, 0.25) is 0 Å². The van der Waals surface area contributed by atoms with Crippen LogP contribution in [0.5, 0.6) is 0 Å². The van der Waals surface area contributed by atoms with Gasteiger partial charge in [-0.3, -0.25) is 0 Å². The van der Waals surface area contributed by atoms with Gasteiger partial charge < -0.3 is 11.1 Å². The topological polar surface area (TPSA) is 38.0 Å². The first-order chi connectivity index (χ1) is 8.56. The summed E-state index contributed by atoms with van der Waals surface area (Å²) in [5.41, 5.74) is 7.99. The number of allylic oxidation sites excluding steroid dienone is 1. The van der Waals surface area contributed by atoms with E-state index < -0.39 is 0 Å². The lowest BCUT2D eigenvalue weighted by Crippen LogP contribution is -2.29. The summed E-state index contributed by atoms with van der Waals surface area (Å²) in [6, 6.07) is 4.56. The molecule has 1 aliphatic carbocycles. The maximum absolute atomic E-state index is 6.06. The van der Waals surface area contributed by atoms with E-state index in [-0.39, 0.29) is 0 Å². The molecule has 0 heterocycles. The molecule has 1 unspecified atom stereocenters. The monoisotopic (exact) mass is 390 g/mol. The van der Waals surface area contributed by atoms with Crippen molar-refractivity contribution in [1.29, 1.82) is 0 Å². The van der Waals surface area contributed by atoms with E-state index in [2.05, 4.69) is 61.9 Å². The largest absolute Gasteiger partial charge is 0.398 e. The summed E-state index contributed by atoms with van der Waals surface area (Å²) >= 11 is 11.3. The van der Waals surface area contributed by atoms with Crippen molar-refractivity contribution in [2.24, 2.45) is 0 Å². The molecular formula is C13H16Br2N2S. The third-order valence-electron chi connectivity index (χ3n) is 3.15. The highest BCUT2D eigenvalue weighted by Gasteiger charge is 2.13. The Balaban J connectivity index is 1.98. The van der Waals surface area contributed by atoms with Gasteiger partial charge in [0.1, 0.15) is 0 Å². The molecule has 1 aromatic rings. The number of hydrogen-bond acceptors (Lipinski definition) is 3. The zero-order valence-corrected chi connectivity index (χ0v) is 14.0. The van der Waals surface area contributed by atoms with E-state index in [9.17, 15) is 0 Å². The van der Waals surface area contributed by atoms with Gasteiger partial charge in [-0.1, -0.05) is 22.0 Å². The van der Waals surface area contributed by atoms with Crippen molar-refractivity contribution in [2.45, 2.75) is 31.8 Å². The van der Waals surface area contributed by atoms with Crippen LogP contribution in [-0.2, 0) is 6.54 Å². The highest BCUT2D eigenvalue weighted by atomic mass is 79.9. The molecule has 0 saturated heterocycles. The van der Waals surface area contributed by atoms with Crippen molar-refractivity contribution < 1.29 is 0 Å². The molecule has 0 aliphatic heterocycles. The molecule has 0 amide bonds. The van der Waals surface area contributed by atoms with E-state index in [0.29, 0.717) is 6.04 Å². The summed E-state index contributed by atoms with van der Waals surface area (Å²) in [4.78, 5) is 1.21. The van der Waals surface area contributed by atoms with E-state index in [4.69, 9.17) is 5.73 Å². The van der Waals surface area contributed by atoms with Crippen LogP contribution in [0, 0.1) is 0 Å². The van der Waals surface area contributed by atoms with Crippen LogP contribution in [0.25, 0.3) is 0 Å². The first-order valence-electron chi connectivity index (χ1n) is 5.91. The third-order valence-corrected chi connectivity index (χ3v) is 4.67. The Labute approximate surface area is 130 Å². The Bertz CT molecular complexity index is 474. The molecule has 0 fully saturated rings. The van der Waals surface area contributed by atoms with Crippen molar-refractivity contribution in [3.63, 3.8) is 0 Å². The average Bonchev–Trinajstić information content (AvgIpc) is 2.34. The third kappa shape index (κ3) is 3.76. The minimum absolute atomic E-state index is 0.526. The molecule has 1 aromatic carbocycles. The molecule has 2 rings (SSSR count). The number of nitrogen functional groups attached to an aromatic ring is 1. The lowest BCUT2D eigenvalue weighted by molar-refractivity contribution is 0.473. The predicted octanol–water partition coefficient (Wildman–Crippen LogP) is 4.25. The summed E-state index contributed by atoms with van der Waals surface area (Å²) in [7, 11) is 0. The maximum atomic E-state index is 6.06. The number of thiol groups is 1. The smallest absolute Gasteiger partial charge is 0.0504 e. The van der Waals surface area contributed by atoms with Crippen molar-refractivity contribution in [1.82, 2.24) is 5.32 Å². The number of nitrogens with one attached hydrogen (secondary N) is 1. The second kappa shape index (κ2) is 6.46. The second-order valence-electron chi connectivity index (χ2n) is 4.51. The Morgan fingerprint density at radius 1 is 1.39 bits per heavy atom. The average molecular weight is 392 g/mol. The van der Waals surface area contributed by atoms with E-state index in [1.165, 1.54) is 4.91 Å². The Kier molecular flexibility index (Phi) is 5.18. The lowest BCUT2D eigenvalue weighted by atomic mass is 10.0. The molecule has 0 saturated carbocycles. The van der Waals surface area contributed by atoms with Gasteiger partial charge in [0.2, 0.25) is 0 Å². The summed E-state index contributed by atoms with van der Waals surface area (Å²) < 4.78 is 1.98. The first-order valence-corrected chi connectivity index (χ1v) is 7.94.